The first-order chi connectivity index (χ1) is 12.3. The molecule has 0 radical (unpaired) electrons. The zero-order valence-electron chi connectivity index (χ0n) is 16.6. The van der Waals surface area contributed by atoms with Crippen LogP contribution in [-0.2, 0) is 5.41 Å². The molecule has 0 fully saturated rings. The molecule has 1 aromatic heterocycles. The van der Waals surface area contributed by atoms with Crippen LogP contribution >= 0.6 is 11.3 Å². The summed E-state index contributed by atoms with van der Waals surface area (Å²) in [6.45, 7) is 13.2. The molecular formula is C24H28OS. The SMILES string of the molecule is Cc1cc(OC(C)c2cccs2)cc(C)c1-c1ccc(C(C)(C)C)cc1. The van der Waals surface area contributed by atoms with E-state index in [2.05, 4.69) is 95.5 Å². The molecule has 0 N–H and O–H groups in total. The van der Waals surface area contributed by atoms with Crippen molar-refractivity contribution in [2.24, 2.45) is 0 Å². The Labute approximate surface area is 161 Å². The van der Waals surface area contributed by atoms with Crippen LogP contribution in [-0.4, -0.2) is 0 Å². The molecule has 1 unspecified atom stereocenters. The van der Waals surface area contributed by atoms with Gasteiger partial charge in [0.25, 0.3) is 0 Å². The molecule has 1 atom stereocenters. The molecule has 0 saturated carbocycles. The van der Waals surface area contributed by atoms with Crippen LogP contribution < -0.4 is 4.74 Å². The van der Waals surface area contributed by atoms with Gasteiger partial charge in [-0.3, -0.25) is 0 Å². The number of ether oxygens (including phenoxy) is 1. The summed E-state index contributed by atoms with van der Waals surface area (Å²) in [7, 11) is 0. The third-order valence-electron chi connectivity index (χ3n) is 4.80. The van der Waals surface area contributed by atoms with Crippen molar-refractivity contribution in [3.63, 3.8) is 0 Å². The van der Waals surface area contributed by atoms with E-state index in [0.29, 0.717) is 0 Å². The van der Waals surface area contributed by atoms with E-state index in [4.69, 9.17) is 4.74 Å². The van der Waals surface area contributed by atoms with Crippen molar-refractivity contribution in [2.75, 3.05) is 0 Å². The predicted octanol–water partition coefficient (Wildman–Crippen LogP) is 7.47. The zero-order valence-corrected chi connectivity index (χ0v) is 17.4. The summed E-state index contributed by atoms with van der Waals surface area (Å²) in [5, 5.41) is 2.09. The highest BCUT2D eigenvalue weighted by Gasteiger charge is 2.15. The van der Waals surface area contributed by atoms with Crippen LogP contribution in [0.15, 0.2) is 53.9 Å². The second-order valence-corrected chi connectivity index (χ2v) is 9.01. The molecule has 26 heavy (non-hydrogen) atoms. The van der Waals surface area contributed by atoms with Gasteiger partial charge < -0.3 is 4.74 Å². The van der Waals surface area contributed by atoms with Crippen LogP contribution in [0.4, 0.5) is 0 Å². The molecule has 0 aliphatic heterocycles. The molecule has 0 aliphatic carbocycles. The van der Waals surface area contributed by atoms with Gasteiger partial charge in [0.1, 0.15) is 11.9 Å². The second-order valence-electron chi connectivity index (χ2n) is 8.03. The average Bonchev–Trinajstić information content (AvgIpc) is 3.08. The normalized spacial score (nSPS) is 12.8. The monoisotopic (exact) mass is 364 g/mol. The van der Waals surface area contributed by atoms with Gasteiger partial charge in [-0.1, -0.05) is 51.1 Å². The fourth-order valence-corrected chi connectivity index (χ4v) is 4.08. The molecule has 0 amide bonds. The summed E-state index contributed by atoms with van der Waals surface area (Å²) in [4.78, 5) is 1.25. The summed E-state index contributed by atoms with van der Waals surface area (Å²) in [5.41, 5.74) is 6.62. The average molecular weight is 365 g/mol. The number of thiophene rings is 1. The van der Waals surface area contributed by atoms with E-state index in [0.717, 1.165) is 5.75 Å². The lowest BCUT2D eigenvalue weighted by Gasteiger charge is -2.20. The quantitative estimate of drug-likeness (QED) is 0.466. The fourth-order valence-electron chi connectivity index (χ4n) is 3.37. The molecule has 2 aromatic carbocycles. The minimum absolute atomic E-state index is 0.0747. The Morgan fingerprint density at radius 2 is 1.54 bits per heavy atom. The first-order valence-corrected chi connectivity index (χ1v) is 10.1. The van der Waals surface area contributed by atoms with Crippen molar-refractivity contribution >= 4 is 11.3 Å². The molecule has 0 saturated heterocycles. The van der Waals surface area contributed by atoms with Gasteiger partial charge in [0.2, 0.25) is 0 Å². The summed E-state index contributed by atoms with van der Waals surface area (Å²) in [5.74, 6) is 0.941. The van der Waals surface area contributed by atoms with Crippen molar-refractivity contribution in [1.29, 1.82) is 0 Å². The van der Waals surface area contributed by atoms with Crippen LogP contribution in [0.25, 0.3) is 11.1 Å². The molecule has 3 rings (SSSR count). The third kappa shape index (κ3) is 4.02. The Morgan fingerprint density at radius 3 is 2.04 bits per heavy atom. The van der Waals surface area contributed by atoms with E-state index >= 15 is 0 Å². The van der Waals surface area contributed by atoms with E-state index in [9.17, 15) is 0 Å². The number of aryl methyl sites for hydroxylation is 2. The Kier molecular flexibility index (Phi) is 5.24. The summed E-state index contributed by atoms with van der Waals surface area (Å²) in [6.07, 6.45) is 0.0747. The minimum atomic E-state index is 0.0747. The van der Waals surface area contributed by atoms with Crippen molar-refractivity contribution in [2.45, 2.75) is 53.1 Å². The number of hydrogen-bond acceptors (Lipinski definition) is 2. The molecule has 1 heterocycles. The van der Waals surface area contributed by atoms with Crippen LogP contribution in [0.3, 0.4) is 0 Å². The van der Waals surface area contributed by atoms with Gasteiger partial charge in [-0.15, -0.1) is 11.3 Å². The minimum Gasteiger partial charge on any atom is -0.485 e. The van der Waals surface area contributed by atoms with Gasteiger partial charge in [-0.05, 0) is 77.6 Å². The largest absolute Gasteiger partial charge is 0.485 e. The maximum Gasteiger partial charge on any atom is 0.130 e. The topological polar surface area (TPSA) is 9.23 Å². The first kappa shape index (κ1) is 18.7. The molecule has 3 aromatic rings. The molecule has 136 valence electrons. The highest BCUT2D eigenvalue weighted by atomic mass is 32.1. The fraction of sp³-hybridized carbons (Fsp3) is 0.333. The van der Waals surface area contributed by atoms with Crippen LogP contribution in [0.1, 0.15) is 55.4 Å². The van der Waals surface area contributed by atoms with Crippen LogP contribution in [0.5, 0.6) is 5.75 Å². The lowest BCUT2D eigenvalue weighted by atomic mass is 9.85. The number of benzene rings is 2. The Hall–Kier alpha value is -2.06. The highest BCUT2D eigenvalue weighted by molar-refractivity contribution is 7.10. The van der Waals surface area contributed by atoms with E-state index < -0.39 is 0 Å². The van der Waals surface area contributed by atoms with Gasteiger partial charge in [-0.25, -0.2) is 0 Å². The molecular weight excluding hydrogens is 336 g/mol. The first-order valence-electron chi connectivity index (χ1n) is 9.18. The van der Waals surface area contributed by atoms with E-state index in [1.165, 1.54) is 32.7 Å². The molecule has 0 spiro atoms. The van der Waals surface area contributed by atoms with E-state index in [-0.39, 0.29) is 11.5 Å². The Bertz CT molecular complexity index is 845. The van der Waals surface area contributed by atoms with E-state index in [1.54, 1.807) is 11.3 Å². The number of hydrogen-bond donors (Lipinski definition) is 0. The van der Waals surface area contributed by atoms with Gasteiger partial charge >= 0.3 is 0 Å². The van der Waals surface area contributed by atoms with Crippen LogP contribution in [0.2, 0.25) is 0 Å². The third-order valence-corrected chi connectivity index (χ3v) is 5.84. The molecule has 2 heteroatoms. The predicted molar refractivity (Wildman–Crippen MR) is 113 cm³/mol. The second kappa shape index (κ2) is 7.28. The summed E-state index contributed by atoms with van der Waals surface area (Å²) < 4.78 is 6.19. The van der Waals surface area contributed by atoms with E-state index in [1.807, 2.05) is 0 Å². The molecule has 0 aliphatic rings. The molecule has 1 nitrogen and oxygen atoms in total. The highest BCUT2D eigenvalue weighted by Crippen LogP contribution is 2.34. The van der Waals surface area contributed by atoms with Crippen LogP contribution in [0, 0.1) is 13.8 Å². The smallest absolute Gasteiger partial charge is 0.130 e. The van der Waals surface area contributed by atoms with Crippen molar-refractivity contribution < 1.29 is 4.74 Å². The Morgan fingerprint density at radius 1 is 0.923 bits per heavy atom. The van der Waals surface area contributed by atoms with Gasteiger partial charge in [0.05, 0.1) is 0 Å². The van der Waals surface area contributed by atoms with Crippen molar-refractivity contribution in [3.05, 3.63) is 75.5 Å². The van der Waals surface area contributed by atoms with Gasteiger partial charge in [0.15, 0.2) is 0 Å². The summed E-state index contributed by atoms with van der Waals surface area (Å²) in [6, 6.07) is 17.5. The maximum atomic E-state index is 6.19. The zero-order chi connectivity index (χ0) is 18.9. The van der Waals surface area contributed by atoms with Gasteiger partial charge in [0, 0.05) is 4.88 Å². The van der Waals surface area contributed by atoms with Crippen molar-refractivity contribution in [3.8, 4) is 16.9 Å². The number of rotatable bonds is 4. The lowest BCUT2D eigenvalue weighted by Crippen LogP contribution is -2.10. The van der Waals surface area contributed by atoms with Gasteiger partial charge in [-0.2, -0.15) is 0 Å². The molecule has 0 bridgehead atoms. The standard InChI is InChI=1S/C24H28OS/c1-16-14-21(25-18(3)22-8-7-13-26-22)15-17(2)23(16)19-9-11-20(12-10-19)24(4,5)6/h7-15,18H,1-6H3. The summed E-state index contributed by atoms with van der Waals surface area (Å²) >= 11 is 1.74. The Balaban J connectivity index is 1.88. The lowest BCUT2D eigenvalue weighted by molar-refractivity contribution is 0.230. The maximum absolute atomic E-state index is 6.19. The van der Waals surface area contributed by atoms with Crippen molar-refractivity contribution in [1.82, 2.24) is 0 Å².